The Morgan fingerprint density at radius 3 is 2.94 bits per heavy atom. The van der Waals surface area contributed by atoms with Crippen LogP contribution in [0.1, 0.15) is 40.0 Å². The van der Waals surface area contributed by atoms with Gasteiger partial charge in [-0.15, -0.1) is 0 Å². The van der Waals surface area contributed by atoms with Crippen molar-refractivity contribution in [2.75, 3.05) is 31.2 Å². The van der Waals surface area contributed by atoms with E-state index in [-0.39, 0.29) is 5.60 Å². The first-order valence-corrected chi connectivity index (χ1v) is 8.75. The second-order valence-corrected chi connectivity index (χ2v) is 7.34. The van der Waals surface area contributed by atoms with Gasteiger partial charge in [-0.25, -0.2) is 0 Å². The molecule has 4 unspecified atom stereocenters. The standard InChI is InChI=1S/C15H29NOS/c1-4-16-10-12(2)13(3)14-5-7-17-15(9-14)6-8-18-11-15/h12-14,16H,4-11H2,1-3H3. The molecule has 0 saturated carbocycles. The number of rotatable bonds is 5. The summed E-state index contributed by atoms with van der Waals surface area (Å²) in [6.07, 6.45) is 3.85. The number of hydrogen-bond donors (Lipinski definition) is 1. The van der Waals surface area contributed by atoms with Gasteiger partial charge in [0.15, 0.2) is 0 Å². The van der Waals surface area contributed by atoms with E-state index < -0.39 is 0 Å². The van der Waals surface area contributed by atoms with Crippen molar-refractivity contribution in [2.45, 2.75) is 45.6 Å². The van der Waals surface area contributed by atoms with Crippen LogP contribution in [0.3, 0.4) is 0 Å². The lowest BCUT2D eigenvalue weighted by atomic mass is 9.74. The number of thioether (sulfide) groups is 1. The highest BCUT2D eigenvalue weighted by Gasteiger charge is 2.42. The number of ether oxygens (including phenoxy) is 1. The Morgan fingerprint density at radius 2 is 2.28 bits per heavy atom. The lowest BCUT2D eigenvalue weighted by Gasteiger charge is -2.41. The zero-order valence-electron chi connectivity index (χ0n) is 12.2. The normalized spacial score (nSPS) is 35.8. The molecule has 2 heterocycles. The predicted molar refractivity (Wildman–Crippen MR) is 80.2 cm³/mol. The summed E-state index contributed by atoms with van der Waals surface area (Å²) in [5.41, 5.74) is 0.250. The van der Waals surface area contributed by atoms with Crippen molar-refractivity contribution in [3.8, 4) is 0 Å². The Bertz CT molecular complexity index is 253. The van der Waals surface area contributed by atoms with Crippen LogP contribution in [-0.4, -0.2) is 36.8 Å². The fourth-order valence-electron chi connectivity index (χ4n) is 3.40. The maximum atomic E-state index is 6.13. The van der Waals surface area contributed by atoms with E-state index in [0.29, 0.717) is 0 Å². The highest BCUT2D eigenvalue weighted by atomic mass is 32.2. The third-order valence-corrected chi connectivity index (χ3v) is 6.18. The summed E-state index contributed by atoms with van der Waals surface area (Å²) in [4.78, 5) is 0. The van der Waals surface area contributed by atoms with Crippen molar-refractivity contribution in [2.24, 2.45) is 17.8 Å². The minimum Gasteiger partial charge on any atom is -0.374 e. The zero-order valence-corrected chi connectivity index (χ0v) is 13.0. The summed E-state index contributed by atoms with van der Waals surface area (Å²) in [5.74, 6) is 4.99. The average Bonchev–Trinajstić information content (AvgIpc) is 2.83. The van der Waals surface area contributed by atoms with Crippen LogP contribution in [0.2, 0.25) is 0 Å². The average molecular weight is 271 g/mol. The zero-order chi connectivity index (χ0) is 13.0. The fraction of sp³-hybridized carbons (Fsp3) is 1.00. The molecule has 1 spiro atoms. The first-order valence-electron chi connectivity index (χ1n) is 7.59. The SMILES string of the molecule is CCNCC(C)C(C)C1CCOC2(CCSC2)C1. The van der Waals surface area contributed by atoms with Crippen LogP contribution in [0.15, 0.2) is 0 Å². The highest BCUT2D eigenvalue weighted by molar-refractivity contribution is 7.99. The maximum Gasteiger partial charge on any atom is 0.0783 e. The molecule has 0 aromatic heterocycles. The minimum atomic E-state index is 0.250. The Labute approximate surface area is 117 Å². The molecule has 18 heavy (non-hydrogen) atoms. The van der Waals surface area contributed by atoms with Crippen LogP contribution in [0, 0.1) is 17.8 Å². The van der Waals surface area contributed by atoms with Crippen LogP contribution in [0.4, 0.5) is 0 Å². The van der Waals surface area contributed by atoms with Crippen LogP contribution < -0.4 is 5.32 Å². The van der Waals surface area contributed by atoms with Gasteiger partial charge in [-0.05, 0) is 55.9 Å². The predicted octanol–water partition coefficient (Wildman–Crippen LogP) is 3.17. The third-order valence-electron chi connectivity index (χ3n) is 4.96. The van der Waals surface area contributed by atoms with Gasteiger partial charge in [0.25, 0.3) is 0 Å². The highest BCUT2D eigenvalue weighted by Crippen LogP contribution is 2.43. The topological polar surface area (TPSA) is 21.3 Å². The molecule has 2 fully saturated rings. The van der Waals surface area contributed by atoms with E-state index in [2.05, 4.69) is 37.8 Å². The summed E-state index contributed by atoms with van der Waals surface area (Å²) in [6, 6.07) is 0. The smallest absolute Gasteiger partial charge is 0.0783 e. The van der Waals surface area contributed by atoms with E-state index in [0.717, 1.165) is 37.5 Å². The second-order valence-electron chi connectivity index (χ2n) is 6.23. The molecule has 2 aliphatic rings. The molecule has 106 valence electrons. The van der Waals surface area contributed by atoms with E-state index in [1.165, 1.54) is 30.8 Å². The molecule has 4 atom stereocenters. The third kappa shape index (κ3) is 3.43. The van der Waals surface area contributed by atoms with Crippen molar-refractivity contribution in [1.29, 1.82) is 0 Å². The van der Waals surface area contributed by atoms with Crippen molar-refractivity contribution in [1.82, 2.24) is 5.32 Å². The Morgan fingerprint density at radius 1 is 1.44 bits per heavy atom. The van der Waals surface area contributed by atoms with Crippen LogP contribution in [0.25, 0.3) is 0 Å². The molecule has 0 aromatic carbocycles. The van der Waals surface area contributed by atoms with Crippen LogP contribution in [-0.2, 0) is 4.74 Å². The summed E-state index contributed by atoms with van der Waals surface area (Å²) in [5, 5.41) is 3.49. The van der Waals surface area contributed by atoms with E-state index in [9.17, 15) is 0 Å². The lowest BCUT2D eigenvalue weighted by molar-refractivity contribution is -0.0914. The molecule has 0 bridgehead atoms. The molecule has 1 N–H and O–H groups in total. The van der Waals surface area contributed by atoms with Crippen LogP contribution >= 0.6 is 11.8 Å². The maximum absolute atomic E-state index is 6.13. The van der Waals surface area contributed by atoms with Gasteiger partial charge in [-0.3, -0.25) is 0 Å². The Hall–Kier alpha value is 0.270. The van der Waals surface area contributed by atoms with Gasteiger partial charge in [0, 0.05) is 12.4 Å². The molecule has 0 amide bonds. The molecule has 2 nitrogen and oxygen atoms in total. The summed E-state index contributed by atoms with van der Waals surface area (Å²) >= 11 is 2.08. The van der Waals surface area contributed by atoms with E-state index in [1.54, 1.807) is 0 Å². The lowest BCUT2D eigenvalue weighted by Crippen LogP contribution is -2.43. The van der Waals surface area contributed by atoms with Gasteiger partial charge in [0.1, 0.15) is 0 Å². The van der Waals surface area contributed by atoms with Gasteiger partial charge in [0.2, 0.25) is 0 Å². The number of hydrogen-bond acceptors (Lipinski definition) is 3. The Kier molecular flexibility index (Phi) is 5.40. The quantitative estimate of drug-likeness (QED) is 0.830. The Balaban J connectivity index is 1.87. The molecular weight excluding hydrogens is 242 g/mol. The van der Waals surface area contributed by atoms with E-state index in [1.807, 2.05) is 0 Å². The van der Waals surface area contributed by atoms with Crippen molar-refractivity contribution >= 4 is 11.8 Å². The molecule has 2 rings (SSSR count). The molecular formula is C15H29NOS. The molecule has 0 aliphatic carbocycles. The first kappa shape index (κ1) is 14.7. The monoisotopic (exact) mass is 271 g/mol. The molecule has 3 heteroatoms. The van der Waals surface area contributed by atoms with Crippen LogP contribution in [0.5, 0.6) is 0 Å². The molecule has 2 aliphatic heterocycles. The minimum absolute atomic E-state index is 0.250. The first-order chi connectivity index (χ1) is 8.67. The van der Waals surface area contributed by atoms with Crippen molar-refractivity contribution in [3.63, 3.8) is 0 Å². The summed E-state index contributed by atoms with van der Waals surface area (Å²) in [7, 11) is 0. The van der Waals surface area contributed by atoms with Gasteiger partial charge < -0.3 is 10.1 Å². The number of nitrogens with one attached hydrogen (secondary N) is 1. The van der Waals surface area contributed by atoms with Gasteiger partial charge in [0.05, 0.1) is 5.60 Å². The summed E-state index contributed by atoms with van der Waals surface area (Å²) in [6.45, 7) is 10.3. The molecule has 0 aromatic rings. The molecule has 2 saturated heterocycles. The van der Waals surface area contributed by atoms with Gasteiger partial charge in [-0.2, -0.15) is 11.8 Å². The van der Waals surface area contributed by atoms with E-state index in [4.69, 9.17) is 4.74 Å². The largest absolute Gasteiger partial charge is 0.374 e. The van der Waals surface area contributed by atoms with Crippen molar-refractivity contribution in [3.05, 3.63) is 0 Å². The molecule has 0 radical (unpaired) electrons. The fourth-order valence-corrected chi connectivity index (χ4v) is 4.78. The summed E-state index contributed by atoms with van der Waals surface area (Å²) < 4.78 is 6.13. The van der Waals surface area contributed by atoms with Gasteiger partial charge >= 0.3 is 0 Å². The van der Waals surface area contributed by atoms with Gasteiger partial charge in [-0.1, -0.05) is 20.8 Å². The van der Waals surface area contributed by atoms with E-state index >= 15 is 0 Å². The second kappa shape index (κ2) is 6.62. The van der Waals surface area contributed by atoms with Crippen molar-refractivity contribution < 1.29 is 4.74 Å².